The number of anilines is 1. The van der Waals surface area contributed by atoms with E-state index in [1.54, 1.807) is 4.90 Å². The highest BCUT2D eigenvalue weighted by Gasteiger charge is 2.36. The van der Waals surface area contributed by atoms with Gasteiger partial charge >= 0.3 is 12.1 Å². The predicted molar refractivity (Wildman–Crippen MR) is 128 cm³/mol. The van der Waals surface area contributed by atoms with Crippen LogP contribution in [0.25, 0.3) is 11.1 Å². The summed E-state index contributed by atoms with van der Waals surface area (Å²) < 4.78 is 11.0. The summed E-state index contributed by atoms with van der Waals surface area (Å²) in [4.78, 5) is 38.3. The lowest BCUT2D eigenvalue weighted by molar-refractivity contribution is -0.138. The Morgan fingerprint density at radius 2 is 1.69 bits per heavy atom. The minimum atomic E-state index is -0.883. The summed E-state index contributed by atoms with van der Waals surface area (Å²) in [6.07, 6.45) is 0.662. The second-order valence-corrected chi connectivity index (χ2v) is 9.16. The molecule has 8 nitrogen and oxygen atoms in total. The highest BCUT2D eigenvalue weighted by atomic mass is 16.5. The number of carboxylic acids is 1. The zero-order valence-corrected chi connectivity index (χ0v) is 19.3. The van der Waals surface area contributed by atoms with Crippen LogP contribution in [-0.2, 0) is 9.53 Å². The topological polar surface area (TPSA) is 109 Å². The molecule has 2 aliphatic rings. The standard InChI is InChI=1S/C27H26N2O6/c1-16-13-29(14-17(16)12-24(30)31)26(32)25-23(10-11-34-25)28-27(33)35-15-22-20-8-4-2-6-18(20)19-7-3-5-9-21(19)22/h2-11,16-17,22H,12-15H2,1H3,(H,28,33)(H,30,31). The van der Waals surface area contributed by atoms with Crippen LogP contribution in [0, 0.1) is 11.8 Å². The molecule has 1 fully saturated rings. The fourth-order valence-electron chi connectivity index (χ4n) is 5.15. The molecule has 0 radical (unpaired) electrons. The molecule has 1 aliphatic heterocycles. The minimum Gasteiger partial charge on any atom is -0.481 e. The number of benzene rings is 2. The van der Waals surface area contributed by atoms with E-state index in [1.807, 2.05) is 43.3 Å². The molecule has 180 valence electrons. The van der Waals surface area contributed by atoms with Gasteiger partial charge in [0.25, 0.3) is 5.91 Å². The maximum Gasteiger partial charge on any atom is 0.411 e. The van der Waals surface area contributed by atoms with Crippen molar-refractivity contribution in [2.75, 3.05) is 25.0 Å². The van der Waals surface area contributed by atoms with Crippen molar-refractivity contribution < 1.29 is 28.6 Å². The van der Waals surface area contributed by atoms with Crippen molar-refractivity contribution >= 4 is 23.7 Å². The first-order valence-corrected chi connectivity index (χ1v) is 11.6. The van der Waals surface area contributed by atoms with Crippen LogP contribution in [0.5, 0.6) is 0 Å². The highest BCUT2D eigenvalue weighted by molar-refractivity contribution is 6.00. The Morgan fingerprint density at radius 1 is 1.03 bits per heavy atom. The number of ether oxygens (including phenoxy) is 1. The summed E-state index contributed by atoms with van der Waals surface area (Å²) in [6.45, 7) is 2.85. The lowest BCUT2D eigenvalue weighted by Gasteiger charge is -2.16. The van der Waals surface area contributed by atoms with Crippen LogP contribution in [0.1, 0.15) is 40.9 Å². The summed E-state index contributed by atoms with van der Waals surface area (Å²) in [7, 11) is 0. The first kappa shape index (κ1) is 22.7. The first-order valence-electron chi connectivity index (χ1n) is 11.6. The van der Waals surface area contributed by atoms with Gasteiger partial charge in [0.1, 0.15) is 6.61 Å². The van der Waals surface area contributed by atoms with Crippen LogP contribution < -0.4 is 5.32 Å². The SMILES string of the molecule is CC1CN(C(=O)c2occc2NC(=O)OCC2c3ccccc3-c3ccccc32)CC1CC(=O)O. The Hall–Kier alpha value is -4.07. The minimum absolute atomic E-state index is 0.00156. The molecule has 1 saturated heterocycles. The molecule has 2 unspecified atom stereocenters. The molecule has 3 aromatic rings. The molecular formula is C27H26N2O6. The summed E-state index contributed by atoms with van der Waals surface area (Å²) in [6, 6.07) is 17.7. The van der Waals surface area contributed by atoms with Crippen molar-refractivity contribution in [1.82, 2.24) is 4.90 Å². The number of amides is 2. The lowest BCUT2D eigenvalue weighted by Crippen LogP contribution is -2.30. The molecule has 0 spiro atoms. The van der Waals surface area contributed by atoms with Crippen molar-refractivity contribution in [2.24, 2.45) is 11.8 Å². The fourth-order valence-corrected chi connectivity index (χ4v) is 5.15. The van der Waals surface area contributed by atoms with Crippen LogP contribution >= 0.6 is 0 Å². The molecule has 1 aliphatic carbocycles. The van der Waals surface area contributed by atoms with E-state index in [0.29, 0.717) is 13.1 Å². The van der Waals surface area contributed by atoms with Gasteiger partial charge in [-0.1, -0.05) is 55.5 Å². The van der Waals surface area contributed by atoms with Gasteiger partial charge in [0.15, 0.2) is 0 Å². The summed E-state index contributed by atoms with van der Waals surface area (Å²) in [5, 5.41) is 11.7. The van der Waals surface area contributed by atoms with Gasteiger partial charge in [-0.2, -0.15) is 0 Å². The number of carbonyl (C=O) groups excluding carboxylic acids is 2. The van der Waals surface area contributed by atoms with Crippen molar-refractivity contribution in [3.8, 4) is 11.1 Å². The van der Waals surface area contributed by atoms with E-state index >= 15 is 0 Å². The molecule has 2 atom stereocenters. The number of hydrogen-bond acceptors (Lipinski definition) is 5. The number of carbonyl (C=O) groups is 3. The second kappa shape index (κ2) is 9.29. The summed E-state index contributed by atoms with van der Waals surface area (Å²) in [5.41, 5.74) is 4.72. The third-order valence-corrected chi connectivity index (χ3v) is 6.93. The van der Waals surface area contributed by atoms with E-state index in [1.165, 1.54) is 12.3 Å². The van der Waals surface area contributed by atoms with E-state index < -0.39 is 12.1 Å². The lowest BCUT2D eigenvalue weighted by atomic mass is 9.95. The van der Waals surface area contributed by atoms with Gasteiger partial charge < -0.3 is 19.2 Å². The molecule has 1 aromatic heterocycles. The van der Waals surface area contributed by atoms with Crippen molar-refractivity contribution in [2.45, 2.75) is 19.3 Å². The molecule has 2 amide bonds. The number of fused-ring (bicyclic) bond motifs is 3. The van der Waals surface area contributed by atoms with E-state index in [4.69, 9.17) is 14.3 Å². The van der Waals surface area contributed by atoms with Crippen molar-refractivity contribution in [3.63, 3.8) is 0 Å². The van der Waals surface area contributed by atoms with Crippen LogP contribution in [-0.4, -0.2) is 47.7 Å². The number of likely N-dealkylation sites (tertiary alicyclic amines) is 1. The predicted octanol–water partition coefficient (Wildman–Crippen LogP) is 4.82. The van der Waals surface area contributed by atoms with Gasteiger partial charge in [0.05, 0.1) is 18.4 Å². The molecule has 0 saturated carbocycles. The number of nitrogens with one attached hydrogen (secondary N) is 1. The molecule has 5 rings (SSSR count). The molecule has 0 bridgehead atoms. The number of nitrogens with zero attached hydrogens (tertiary/aromatic N) is 1. The Morgan fingerprint density at radius 3 is 2.34 bits per heavy atom. The number of hydrogen-bond donors (Lipinski definition) is 2. The van der Waals surface area contributed by atoms with E-state index in [0.717, 1.165) is 22.3 Å². The Bertz CT molecular complexity index is 1240. The highest BCUT2D eigenvalue weighted by Crippen LogP contribution is 2.44. The van der Waals surface area contributed by atoms with E-state index in [9.17, 15) is 14.4 Å². The van der Waals surface area contributed by atoms with Crippen molar-refractivity contribution in [3.05, 3.63) is 77.7 Å². The van der Waals surface area contributed by atoms with E-state index in [2.05, 4.69) is 17.4 Å². The van der Waals surface area contributed by atoms with Gasteiger partial charge in [-0.05, 0) is 34.1 Å². The molecular weight excluding hydrogens is 448 g/mol. The van der Waals surface area contributed by atoms with Crippen molar-refractivity contribution in [1.29, 1.82) is 0 Å². The maximum atomic E-state index is 13.0. The quantitative estimate of drug-likeness (QED) is 0.530. The fraction of sp³-hybridized carbons (Fsp3) is 0.296. The van der Waals surface area contributed by atoms with Crippen LogP contribution in [0.3, 0.4) is 0 Å². The average Bonchev–Trinajstić information content (AvgIpc) is 3.53. The van der Waals surface area contributed by atoms with Gasteiger partial charge in [-0.3, -0.25) is 14.9 Å². The van der Waals surface area contributed by atoms with E-state index in [-0.39, 0.29) is 48.1 Å². The largest absolute Gasteiger partial charge is 0.481 e. The summed E-state index contributed by atoms with van der Waals surface area (Å²) in [5.74, 6) is -1.40. The molecule has 2 N–H and O–H groups in total. The zero-order valence-electron chi connectivity index (χ0n) is 19.3. The van der Waals surface area contributed by atoms with Gasteiger partial charge in [0, 0.05) is 25.1 Å². The zero-order chi connectivity index (χ0) is 24.5. The Kier molecular flexibility index (Phi) is 6.03. The average molecular weight is 475 g/mol. The van der Waals surface area contributed by atoms with Gasteiger partial charge in [-0.25, -0.2) is 4.79 Å². The number of furan rings is 1. The molecule has 2 heterocycles. The monoisotopic (exact) mass is 474 g/mol. The second-order valence-electron chi connectivity index (χ2n) is 9.16. The van der Waals surface area contributed by atoms with Crippen LogP contribution in [0.15, 0.2) is 65.3 Å². The normalized spacial score (nSPS) is 18.7. The molecule has 2 aromatic carbocycles. The van der Waals surface area contributed by atoms with Crippen LogP contribution in [0.2, 0.25) is 0 Å². The van der Waals surface area contributed by atoms with Gasteiger partial charge in [0.2, 0.25) is 5.76 Å². The molecule has 8 heteroatoms. The number of aliphatic carboxylic acids is 1. The summed E-state index contributed by atoms with van der Waals surface area (Å²) >= 11 is 0. The first-order chi connectivity index (χ1) is 16.9. The van der Waals surface area contributed by atoms with Crippen LogP contribution in [0.4, 0.5) is 10.5 Å². The Balaban J connectivity index is 1.24. The number of rotatable bonds is 6. The smallest absolute Gasteiger partial charge is 0.411 e. The third kappa shape index (κ3) is 4.39. The molecule has 35 heavy (non-hydrogen) atoms. The maximum absolute atomic E-state index is 13.0. The Labute approximate surface area is 202 Å². The number of carboxylic acid groups (broad SMARTS) is 1. The van der Waals surface area contributed by atoms with Gasteiger partial charge in [-0.15, -0.1) is 0 Å². The third-order valence-electron chi connectivity index (χ3n) is 6.93.